The number of nitrogens with zero attached hydrogens (tertiary/aromatic N) is 2. The molecule has 3 aromatic rings. The van der Waals surface area contributed by atoms with Crippen molar-refractivity contribution in [2.24, 2.45) is 0 Å². The van der Waals surface area contributed by atoms with Crippen LogP contribution in [0.15, 0.2) is 78.9 Å². The van der Waals surface area contributed by atoms with Gasteiger partial charge in [-0.2, -0.15) is 5.26 Å². The Kier molecular flexibility index (Phi) is 4.90. The van der Waals surface area contributed by atoms with Crippen LogP contribution in [0.2, 0.25) is 0 Å². The lowest BCUT2D eigenvalue weighted by molar-refractivity contribution is 0.0489. The molecule has 144 valence electrons. The zero-order chi connectivity index (χ0) is 20.4. The number of amides is 1. The highest BCUT2D eigenvalue weighted by Gasteiger charge is 2.48. The van der Waals surface area contributed by atoms with Crippen molar-refractivity contribution in [3.05, 3.63) is 107 Å². The molecular weight excluding hydrogens is 363 g/mol. The number of benzene rings is 3. The van der Waals surface area contributed by atoms with E-state index in [9.17, 15) is 14.4 Å². The van der Waals surface area contributed by atoms with Crippen LogP contribution in [0.4, 0.5) is 4.39 Å². The minimum atomic E-state index is -0.665. The third kappa shape index (κ3) is 3.30. The number of rotatable bonds is 4. The molecule has 1 heterocycles. The number of fused-ring (bicyclic) bond motifs is 1. The van der Waals surface area contributed by atoms with E-state index in [1.807, 2.05) is 67.6 Å². The molecule has 0 spiro atoms. The molecule has 0 unspecified atom stereocenters. The molecule has 3 nitrogen and oxygen atoms in total. The fraction of sp³-hybridized carbons (Fsp3) is 0.200. The Morgan fingerprint density at radius 2 is 1.76 bits per heavy atom. The molecular formula is C25H21FN2O. The van der Waals surface area contributed by atoms with Crippen molar-refractivity contribution in [2.45, 2.75) is 31.3 Å². The van der Waals surface area contributed by atoms with Crippen LogP contribution < -0.4 is 0 Å². The molecule has 1 amide bonds. The number of hydrogen-bond acceptors (Lipinski definition) is 2. The number of carbonyl (C=O) groups is 1. The molecule has 0 N–H and O–H groups in total. The minimum absolute atomic E-state index is 0.103. The molecule has 0 saturated carbocycles. The maximum Gasteiger partial charge on any atom is 0.255 e. The molecule has 0 aromatic heterocycles. The Morgan fingerprint density at radius 1 is 1.03 bits per heavy atom. The number of carbonyl (C=O) groups excluding carboxylic acids is 1. The Balaban J connectivity index is 1.94. The molecule has 3 aromatic carbocycles. The third-order valence-electron chi connectivity index (χ3n) is 5.76. The highest BCUT2D eigenvalue weighted by molar-refractivity contribution is 5.98. The quantitative estimate of drug-likeness (QED) is 0.605. The molecule has 29 heavy (non-hydrogen) atoms. The first-order valence-electron chi connectivity index (χ1n) is 9.61. The van der Waals surface area contributed by atoms with Crippen LogP contribution in [0.3, 0.4) is 0 Å². The fourth-order valence-corrected chi connectivity index (χ4v) is 4.45. The van der Waals surface area contributed by atoms with E-state index in [2.05, 4.69) is 6.07 Å². The summed E-state index contributed by atoms with van der Waals surface area (Å²) in [6.45, 7) is 2.38. The van der Waals surface area contributed by atoms with Crippen molar-refractivity contribution in [2.75, 3.05) is 0 Å². The maximum atomic E-state index is 14.1. The van der Waals surface area contributed by atoms with Crippen LogP contribution in [0, 0.1) is 17.1 Å². The van der Waals surface area contributed by atoms with E-state index in [-0.39, 0.29) is 18.1 Å². The topological polar surface area (TPSA) is 44.1 Å². The summed E-state index contributed by atoms with van der Waals surface area (Å²) in [6.07, 6.45) is 0.212. The van der Waals surface area contributed by atoms with Crippen molar-refractivity contribution in [3.63, 3.8) is 0 Å². The summed E-state index contributed by atoms with van der Waals surface area (Å²) < 4.78 is 14.1. The van der Waals surface area contributed by atoms with Gasteiger partial charge in [-0.3, -0.25) is 4.79 Å². The largest absolute Gasteiger partial charge is 0.326 e. The second-order valence-electron chi connectivity index (χ2n) is 7.67. The Hall–Kier alpha value is -3.45. The van der Waals surface area contributed by atoms with Crippen LogP contribution in [0.25, 0.3) is 0 Å². The van der Waals surface area contributed by atoms with Gasteiger partial charge in [-0.05, 0) is 34.9 Å². The molecule has 0 radical (unpaired) electrons. The van der Waals surface area contributed by atoms with Crippen LogP contribution >= 0.6 is 0 Å². The van der Waals surface area contributed by atoms with Crippen molar-refractivity contribution in [1.29, 1.82) is 5.26 Å². The zero-order valence-corrected chi connectivity index (χ0v) is 16.2. The van der Waals surface area contributed by atoms with Crippen molar-refractivity contribution < 1.29 is 9.18 Å². The predicted octanol–water partition coefficient (Wildman–Crippen LogP) is 5.39. The average molecular weight is 384 g/mol. The SMILES string of the molecule is C[C@@]1(CC#N)c2ccccc2C(=O)N(Cc2ccccc2)[C@@H]1c1cccc(F)c1. The summed E-state index contributed by atoms with van der Waals surface area (Å²) in [5.74, 6) is -0.457. The van der Waals surface area contributed by atoms with Gasteiger partial charge >= 0.3 is 0 Å². The third-order valence-corrected chi connectivity index (χ3v) is 5.76. The van der Waals surface area contributed by atoms with Gasteiger partial charge in [-0.15, -0.1) is 0 Å². The first-order valence-corrected chi connectivity index (χ1v) is 9.61. The van der Waals surface area contributed by atoms with Gasteiger partial charge in [0.05, 0.1) is 12.1 Å². The van der Waals surface area contributed by atoms with Crippen LogP contribution in [-0.2, 0) is 12.0 Å². The van der Waals surface area contributed by atoms with E-state index in [1.165, 1.54) is 12.1 Å². The van der Waals surface area contributed by atoms with E-state index >= 15 is 0 Å². The summed E-state index contributed by atoms with van der Waals surface area (Å²) >= 11 is 0. The summed E-state index contributed by atoms with van der Waals surface area (Å²) in [5.41, 5.74) is 2.46. The maximum absolute atomic E-state index is 14.1. The van der Waals surface area contributed by atoms with Gasteiger partial charge < -0.3 is 4.90 Å². The Bertz CT molecular complexity index is 1090. The fourth-order valence-electron chi connectivity index (χ4n) is 4.45. The first kappa shape index (κ1) is 18.9. The molecule has 1 aliphatic rings. The molecule has 0 aliphatic carbocycles. The molecule has 0 bridgehead atoms. The highest BCUT2D eigenvalue weighted by Crippen LogP contribution is 2.49. The second-order valence-corrected chi connectivity index (χ2v) is 7.67. The Labute approximate surface area is 170 Å². The molecule has 4 heteroatoms. The van der Waals surface area contributed by atoms with Crippen molar-refractivity contribution >= 4 is 5.91 Å². The van der Waals surface area contributed by atoms with Crippen LogP contribution in [0.1, 0.15) is 46.4 Å². The van der Waals surface area contributed by atoms with Crippen LogP contribution in [0.5, 0.6) is 0 Å². The van der Waals surface area contributed by atoms with Gasteiger partial charge in [0.1, 0.15) is 5.82 Å². The van der Waals surface area contributed by atoms with Crippen LogP contribution in [-0.4, -0.2) is 10.8 Å². The van der Waals surface area contributed by atoms with Crippen molar-refractivity contribution in [3.8, 4) is 6.07 Å². The lowest BCUT2D eigenvalue weighted by Crippen LogP contribution is -2.50. The summed E-state index contributed by atoms with van der Waals surface area (Å²) in [7, 11) is 0. The monoisotopic (exact) mass is 384 g/mol. The van der Waals surface area contributed by atoms with Gasteiger partial charge in [0.15, 0.2) is 0 Å². The standard InChI is InChI=1S/C25H21FN2O/c1-25(14-15-27)22-13-6-5-12-21(22)24(29)28(17-18-8-3-2-4-9-18)23(25)19-10-7-11-20(26)16-19/h2-13,16,23H,14,17H2,1H3/t23-,25-/m1/s1. The molecule has 2 atom stereocenters. The predicted molar refractivity (Wildman–Crippen MR) is 109 cm³/mol. The summed E-state index contributed by atoms with van der Waals surface area (Å²) in [5, 5.41) is 9.64. The summed E-state index contributed by atoms with van der Waals surface area (Å²) in [6, 6.07) is 25.4. The smallest absolute Gasteiger partial charge is 0.255 e. The second kappa shape index (κ2) is 7.52. The molecule has 0 fully saturated rings. The van der Waals surface area contributed by atoms with Gasteiger partial charge in [0.25, 0.3) is 5.91 Å². The number of hydrogen-bond donors (Lipinski definition) is 0. The van der Waals surface area contributed by atoms with E-state index in [0.717, 1.165) is 11.1 Å². The van der Waals surface area contributed by atoms with E-state index in [0.29, 0.717) is 17.7 Å². The van der Waals surface area contributed by atoms with Gasteiger partial charge in [-0.1, -0.05) is 67.6 Å². The first-order chi connectivity index (χ1) is 14.0. The zero-order valence-electron chi connectivity index (χ0n) is 16.2. The normalized spacial score (nSPS) is 20.8. The molecule has 1 aliphatic heterocycles. The minimum Gasteiger partial charge on any atom is -0.326 e. The highest BCUT2D eigenvalue weighted by atomic mass is 19.1. The van der Waals surface area contributed by atoms with Gasteiger partial charge in [0, 0.05) is 23.9 Å². The average Bonchev–Trinajstić information content (AvgIpc) is 2.73. The lowest BCUT2D eigenvalue weighted by atomic mass is 9.66. The molecule has 0 saturated heterocycles. The lowest BCUT2D eigenvalue weighted by Gasteiger charge is -2.48. The van der Waals surface area contributed by atoms with Gasteiger partial charge in [0.2, 0.25) is 0 Å². The van der Waals surface area contributed by atoms with Crippen molar-refractivity contribution in [1.82, 2.24) is 4.90 Å². The summed E-state index contributed by atoms with van der Waals surface area (Å²) in [4.78, 5) is 15.3. The molecule has 4 rings (SSSR count). The number of nitriles is 1. The van der Waals surface area contributed by atoms with E-state index in [1.54, 1.807) is 11.0 Å². The van der Waals surface area contributed by atoms with Gasteiger partial charge in [-0.25, -0.2) is 4.39 Å². The van der Waals surface area contributed by atoms with E-state index < -0.39 is 11.5 Å². The Morgan fingerprint density at radius 3 is 2.48 bits per heavy atom. The number of halogens is 1. The van der Waals surface area contributed by atoms with E-state index in [4.69, 9.17) is 0 Å².